The number of amides is 1. The Labute approximate surface area is 125 Å². The molecule has 0 N–H and O–H groups in total. The maximum absolute atomic E-state index is 12.1. The molecule has 0 spiro atoms. The number of thiocarbonyl (C=S) groups is 1. The van der Waals surface area contributed by atoms with Crippen LogP contribution >= 0.6 is 24.0 Å². The van der Waals surface area contributed by atoms with Crippen molar-refractivity contribution < 1.29 is 9.72 Å². The van der Waals surface area contributed by atoms with Crippen LogP contribution in [-0.4, -0.2) is 26.6 Å². The van der Waals surface area contributed by atoms with Crippen molar-refractivity contribution in [2.75, 3.05) is 6.54 Å². The normalized spacial score (nSPS) is 16.8. The number of hydrogen-bond donors (Lipinski definition) is 0. The molecule has 5 nitrogen and oxygen atoms in total. The molecule has 0 atom stereocenters. The topological polar surface area (TPSA) is 63.5 Å². The van der Waals surface area contributed by atoms with Crippen molar-refractivity contribution in [3.8, 4) is 0 Å². The van der Waals surface area contributed by atoms with Crippen LogP contribution in [0.5, 0.6) is 0 Å². The second-order valence-corrected chi connectivity index (χ2v) is 5.57. The standard InChI is InChI=1S/C13H10N2O3S2/c1-2-7-14-12(16)11(20-13(14)19)8-9-5-3-4-6-10(9)15(17)18/h2-6,8H,1,7H2. The van der Waals surface area contributed by atoms with Crippen LogP contribution < -0.4 is 0 Å². The minimum Gasteiger partial charge on any atom is -0.289 e. The van der Waals surface area contributed by atoms with Crippen LogP contribution in [0.3, 0.4) is 0 Å². The molecular weight excluding hydrogens is 296 g/mol. The highest BCUT2D eigenvalue weighted by atomic mass is 32.2. The third kappa shape index (κ3) is 2.78. The predicted octanol–water partition coefficient (Wildman–Crippen LogP) is 2.98. The molecule has 1 aliphatic rings. The second-order valence-electron chi connectivity index (χ2n) is 3.90. The highest BCUT2D eigenvalue weighted by Crippen LogP contribution is 2.33. The Bertz CT molecular complexity index is 640. The number of nitro benzene ring substituents is 1. The van der Waals surface area contributed by atoms with E-state index < -0.39 is 4.92 Å². The maximum Gasteiger partial charge on any atom is 0.276 e. The Balaban J connectivity index is 2.38. The van der Waals surface area contributed by atoms with Crippen LogP contribution in [0.25, 0.3) is 6.08 Å². The van der Waals surface area contributed by atoms with Crippen molar-refractivity contribution in [2.45, 2.75) is 0 Å². The molecule has 1 aliphatic heterocycles. The van der Waals surface area contributed by atoms with Gasteiger partial charge in [-0.1, -0.05) is 42.2 Å². The molecule has 20 heavy (non-hydrogen) atoms. The van der Waals surface area contributed by atoms with Gasteiger partial charge >= 0.3 is 0 Å². The molecule has 1 fully saturated rings. The lowest BCUT2D eigenvalue weighted by Gasteiger charge is -2.10. The minimum absolute atomic E-state index is 0.0403. The number of nitro groups is 1. The monoisotopic (exact) mass is 306 g/mol. The van der Waals surface area contributed by atoms with Gasteiger partial charge in [0.2, 0.25) is 0 Å². The first-order valence-electron chi connectivity index (χ1n) is 5.64. The van der Waals surface area contributed by atoms with Crippen LogP contribution in [0.1, 0.15) is 5.56 Å². The van der Waals surface area contributed by atoms with E-state index in [0.29, 0.717) is 21.3 Å². The third-order valence-corrected chi connectivity index (χ3v) is 3.98. The largest absolute Gasteiger partial charge is 0.289 e. The Morgan fingerprint density at radius 2 is 2.15 bits per heavy atom. The first kappa shape index (κ1) is 14.4. The first-order valence-corrected chi connectivity index (χ1v) is 6.86. The lowest BCUT2D eigenvalue weighted by atomic mass is 10.1. The average Bonchev–Trinajstić information content (AvgIpc) is 2.67. The number of benzene rings is 1. The summed E-state index contributed by atoms with van der Waals surface area (Å²) in [6.45, 7) is 3.90. The summed E-state index contributed by atoms with van der Waals surface area (Å²) in [5, 5.41) is 10.9. The fourth-order valence-electron chi connectivity index (χ4n) is 1.70. The van der Waals surface area contributed by atoms with Gasteiger partial charge in [-0.2, -0.15) is 0 Å². The van der Waals surface area contributed by atoms with Crippen molar-refractivity contribution in [2.24, 2.45) is 0 Å². The average molecular weight is 306 g/mol. The number of nitrogens with zero attached hydrogens (tertiary/aromatic N) is 2. The SMILES string of the molecule is C=CCN1C(=O)C(=Cc2ccccc2[N+](=O)[O-])SC1=S. The number of hydrogen-bond acceptors (Lipinski definition) is 5. The van der Waals surface area contributed by atoms with Gasteiger partial charge in [0.25, 0.3) is 11.6 Å². The van der Waals surface area contributed by atoms with Crippen molar-refractivity contribution in [1.82, 2.24) is 4.90 Å². The van der Waals surface area contributed by atoms with E-state index in [1.165, 1.54) is 17.0 Å². The fourth-order valence-corrected chi connectivity index (χ4v) is 2.97. The molecule has 0 aliphatic carbocycles. The number of carbonyl (C=O) groups is 1. The molecular formula is C13H10N2O3S2. The molecule has 2 rings (SSSR count). The zero-order valence-electron chi connectivity index (χ0n) is 10.3. The van der Waals surface area contributed by atoms with Crippen LogP contribution in [0.15, 0.2) is 41.8 Å². The molecule has 0 unspecified atom stereocenters. The first-order chi connectivity index (χ1) is 9.54. The fraction of sp³-hybridized carbons (Fsp3) is 0.0769. The molecule has 0 radical (unpaired) electrons. The Kier molecular flexibility index (Phi) is 4.31. The van der Waals surface area contributed by atoms with Gasteiger partial charge in [0, 0.05) is 12.6 Å². The Morgan fingerprint density at radius 1 is 1.45 bits per heavy atom. The second kappa shape index (κ2) is 5.98. The molecule has 1 saturated heterocycles. The van der Waals surface area contributed by atoms with Crippen molar-refractivity contribution in [3.63, 3.8) is 0 Å². The molecule has 0 bridgehead atoms. The maximum atomic E-state index is 12.1. The van der Waals surface area contributed by atoms with Gasteiger partial charge in [0.1, 0.15) is 4.32 Å². The number of thioether (sulfide) groups is 1. The van der Waals surface area contributed by atoms with Gasteiger partial charge in [-0.3, -0.25) is 19.8 Å². The molecule has 7 heteroatoms. The summed E-state index contributed by atoms with van der Waals surface area (Å²) in [6, 6.07) is 6.26. The summed E-state index contributed by atoms with van der Waals surface area (Å²) in [7, 11) is 0. The quantitative estimate of drug-likeness (QED) is 0.281. The van der Waals surface area contributed by atoms with Crippen molar-refractivity contribution in [1.29, 1.82) is 0 Å². The van der Waals surface area contributed by atoms with Crippen LogP contribution in [0.2, 0.25) is 0 Å². The van der Waals surface area contributed by atoms with Gasteiger partial charge in [0.15, 0.2) is 0 Å². The van der Waals surface area contributed by atoms with E-state index in [1.54, 1.807) is 24.3 Å². The smallest absolute Gasteiger partial charge is 0.276 e. The van der Waals surface area contributed by atoms with Crippen molar-refractivity contribution >= 4 is 46.0 Å². The molecule has 0 aromatic heterocycles. The number of para-hydroxylation sites is 1. The van der Waals surface area contributed by atoms with E-state index in [9.17, 15) is 14.9 Å². The van der Waals surface area contributed by atoms with E-state index >= 15 is 0 Å². The summed E-state index contributed by atoms with van der Waals surface area (Å²) < 4.78 is 0.430. The lowest BCUT2D eigenvalue weighted by Crippen LogP contribution is -2.27. The van der Waals surface area contributed by atoms with Crippen LogP contribution in [0.4, 0.5) is 5.69 Å². The predicted molar refractivity (Wildman–Crippen MR) is 83.2 cm³/mol. The number of carbonyl (C=O) groups excluding carboxylic acids is 1. The zero-order chi connectivity index (χ0) is 14.7. The van der Waals surface area contributed by atoms with E-state index in [0.717, 1.165) is 11.8 Å². The van der Waals surface area contributed by atoms with Crippen LogP contribution in [-0.2, 0) is 4.79 Å². The summed E-state index contributed by atoms with van der Waals surface area (Å²) in [5.74, 6) is -0.252. The molecule has 1 aromatic carbocycles. The highest BCUT2D eigenvalue weighted by Gasteiger charge is 2.31. The van der Waals surface area contributed by atoms with E-state index in [4.69, 9.17) is 12.2 Å². The molecule has 102 valence electrons. The summed E-state index contributed by atoms with van der Waals surface area (Å²) >= 11 is 6.24. The van der Waals surface area contributed by atoms with E-state index in [1.807, 2.05) is 0 Å². The molecule has 0 saturated carbocycles. The summed E-state index contributed by atoms with van der Waals surface area (Å²) in [5.41, 5.74) is 0.345. The molecule has 1 amide bonds. The van der Waals surface area contributed by atoms with Crippen molar-refractivity contribution in [3.05, 3.63) is 57.5 Å². The minimum atomic E-state index is -0.476. The van der Waals surface area contributed by atoms with Gasteiger partial charge in [0.05, 0.1) is 15.4 Å². The zero-order valence-corrected chi connectivity index (χ0v) is 11.9. The highest BCUT2D eigenvalue weighted by molar-refractivity contribution is 8.26. The summed E-state index contributed by atoms with van der Waals surface area (Å²) in [6.07, 6.45) is 3.08. The van der Waals surface area contributed by atoms with Gasteiger partial charge in [-0.05, 0) is 12.1 Å². The van der Waals surface area contributed by atoms with E-state index in [-0.39, 0.29) is 11.6 Å². The number of rotatable bonds is 4. The lowest BCUT2D eigenvalue weighted by molar-refractivity contribution is -0.385. The molecule has 1 heterocycles. The third-order valence-electron chi connectivity index (χ3n) is 2.61. The van der Waals surface area contributed by atoms with Crippen LogP contribution in [0, 0.1) is 10.1 Å². The Hall–Kier alpha value is -1.99. The van der Waals surface area contributed by atoms with Gasteiger partial charge in [-0.15, -0.1) is 6.58 Å². The van der Waals surface area contributed by atoms with E-state index in [2.05, 4.69) is 6.58 Å². The molecule has 1 aromatic rings. The Morgan fingerprint density at radius 3 is 2.80 bits per heavy atom. The van der Waals surface area contributed by atoms with Gasteiger partial charge in [-0.25, -0.2) is 0 Å². The van der Waals surface area contributed by atoms with Gasteiger partial charge < -0.3 is 0 Å². The summed E-state index contributed by atoms with van der Waals surface area (Å²) in [4.78, 5) is 24.4.